The number of nitrogen functional groups attached to an aromatic ring is 1. The smallest absolute Gasteiger partial charge is 0.159 e. The summed E-state index contributed by atoms with van der Waals surface area (Å²) in [5.74, 6) is 0. The fraction of sp³-hybridized carbons (Fsp3) is 0.625. The molecule has 0 bridgehead atoms. The van der Waals surface area contributed by atoms with E-state index in [0.29, 0.717) is 13.2 Å². The third-order valence-corrected chi connectivity index (χ3v) is 3.66. The summed E-state index contributed by atoms with van der Waals surface area (Å²) in [7, 11) is 0. The number of fused-ring (bicyclic) bond motifs is 1. The maximum atomic E-state index is 5.87. The molecular formula is C16H26N2O2. The first-order valence-electron chi connectivity index (χ1n) is 7.61. The SMILES string of the molecule is CCOC(CCN1CCCc2cc(N)ccc21)OCC. The van der Waals surface area contributed by atoms with Gasteiger partial charge in [0.25, 0.3) is 0 Å². The minimum atomic E-state index is -0.0934. The zero-order valence-electron chi connectivity index (χ0n) is 12.6. The van der Waals surface area contributed by atoms with Gasteiger partial charge in [0.1, 0.15) is 0 Å². The molecule has 1 aromatic rings. The molecule has 0 aromatic heterocycles. The monoisotopic (exact) mass is 278 g/mol. The minimum absolute atomic E-state index is 0.0934. The van der Waals surface area contributed by atoms with Crippen molar-refractivity contribution < 1.29 is 9.47 Å². The molecule has 112 valence electrons. The van der Waals surface area contributed by atoms with Crippen LogP contribution in [0.15, 0.2) is 18.2 Å². The van der Waals surface area contributed by atoms with E-state index in [-0.39, 0.29) is 6.29 Å². The van der Waals surface area contributed by atoms with E-state index in [0.717, 1.165) is 31.6 Å². The fourth-order valence-corrected chi connectivity index (χ4v) is 2.78. The molecule has 0 amide bonds. The lowest BCUT2D eigenvalue weighted by Crippen LogP contribution is -2.33. The van der Waals surface area contributed by atoms with Crippen LogP contribution in [-0.4, -0.2) is 32.6 Å². The normalized spacial score (nSPS) is 14.7. The number of rotatable bonds is 7. The first-order chi connectivity index (χ1) is 9.74. The lowest BCUT2D eigenvalue weighted by atomic mass is 10.0. The summed E-state index contributed by atoms with van der Waals surface area (Å²) in [5, 5.41) is 0. The molecule has 0 unspecified atom stereocenters. The topological polar surface area (TPSA) is 47.7 Å². The van der Waals surface area contributed by atoms with E-state index < -0.39 is 0 Å². The number of hydrogen-bond acceptors (Lipinski definition) is 4. The summed E-state index contributed by atoms with van der Waals surface area (Å²) in [4.78, 5) is 2.42. The van der Waals surface area contributed by atoms with Crippen molar-refractivity contribution in [1.82, 2.24) is 0 Å². The zero-order valence-corrected chi connectivity index (χ0v) is 12.6. The maximum absolute atomic E-state index is 5.87. The van der Waals surface area contributed by atoms with Crippen LogP contribution in [0.4, 0.5) is 11.4 Å². The highest BCUT2D eigenvalue weighted by Crippen LogP contribution is 2.29. The van der Waals surface area contributed by atoms with E-state index in [4.69, 9.17) is 15.2 Å². The first-order valence-corrected chi connectivity index (χ1v) is 7.61. The van der Waals surface area contributed by atoms with E-state index >= 15 is 0 Å². The average Bonchev–Trinajstić information content (AvgIpc) is 2.44. The summed E-state index contributed by atoms with van der Waals surface area (Å²) >= 11 is 0. The Bertz CT molecular complexity index is 417. The molecule has 0 radical (unpaired) electrons. The van der Waals surface area contributed by atoms with Crippen LogP contribution in [0.25, 0.3) is 0 Å². The Kier molecular flexibility index (Phi) is 5.68. The van der Waals surface area contributed by atoms with Crippen LogP contribution in [0.1, 0.15) is 32.3 Å². The van der Waals surface area contributed by atoms with E-state index in [9.17, 15) is 0 Å². The van der Waals surface area contributed by atoms with Gasteiger partial charge in [-0.15, -0.1) is 0 Å². The van der Waals surface area contributed by atoms with Gasteiger partial charge in [0.2, 0.25) is 0 Å². The second kappa shape index (κ2) is 7.50. The molecule has 1 aliphatic rings. The highest BCUT2D eigenvalue weighted by Gasteiger charge is 2.18. The van der Waals surface area contributed by atoms with Gasteiger partial charge in [0.05, 0.1) is 0 Å². The van der Waals surface area contributed by atoms with Crippen LogP contribution in [0, 0.1) is 0 Å². The summed E-state index contributed by atoms with van der Waals surface area (Å²) in [6.45, 7) is 7.45. The summed E-state index contributed by atoms with van der Waals surface area (Å²) in [5.41, 5.74) is 9.40. The number of hydrogen-bond donors (Lipinski definition) is 1. The molecule has 0 saturated carbocycles. The van der Waals surface area contributed by atoms with Crippen molar-refractivity contribution in [2.24, 2.45) is 0 Å². The van der Waals surface area contributed by atoms with Crippen molar-refractivity contribution in [2.75, 3.05) is 36.9 Å². The highest BCUT2D eigenvalue weighted by molar-refractivity contribution is 5.61. The van der Waals surface area contributed by atoms with Gasteiger partial charge in [-0.25, -0.2) is 0 Å². The summed E-state index contributed by atoms with van der Waals surface area (Å²) in [6, 6.07) is 6.23. The Labute approximate surface area is 121 Å². The van der Waals surface area contributed by atoms with Crippen LogP contribution >= 0.6 is 0 Å². The van der Waals surface area contributed by atoms with Crippen LogP contribution in [-0.2, 0) is 15.9 Å². The van der Waals surface area contributed by atoms with E-state index in [2.05, 4.69) is 17.0 Å². The van der Waals surface area contributed by atoms with Crippen molar-refractivity contribution in [3.63, 3.8) is 0 Å². The largest absolute Gasteiger partial charge is 0.399 e. The van der Waals surface area contributed by atoms with Crippen molar-refractivity contribution in [3.05, 3.63) is 23.8 Å². The summed E-state index contributed by atoms with van der Waals surface area (Å²) in [6.07, 6.45) is 3.11. The molecule has 0 aliphatic carbocycles. The molecule has 4 heteroatoms. The van der Waals surface area contributed by atoms with Gasteiger partial charge >= 0.3 is 0 Å². The predicted octanol–water partition coefficient (Wildman–Crippen LogP) is 2.81. The lowest BCUT2D eigenvalue weighted by Gasteiger charge is -2.32. The van der Waals surface area contributed by atoms with E-state index in [1.54, 1.807) is 0 Å². The van der Waals surface area contributed by atoms with Crippen molar-refractivity contribution in [3.8, 4) is 0 Å². The van der Waals surface area contributed by atoms with Crippen molar-refractivity contribution >= 4 is 11.4 Å². The number of ether oxygens (including phenoxy) is 2. The Morgan fingerprint density at radius 3 is 2.70 bits per heavy atom. The number of nitrogens with zero attached hydrogens (tertiary/aromatic N) is 1. The Balaban J connectivity index is 1.97. The molecule has 20 heavy (non-hydrogen) atoms. The van der Waals surface area contributed by atoms with Crippen molar-refractivity contribution in [2.45, 2.75) is 39.4 Å². The highest BCUT2D eigenvalue weighted by atomic mass is 16.7. The average molecular weight is 278 g/mol. The van der Waals surface area contributed by atoms with Crippen molar-refractivity contribution in [1.29, 1.82) is 0 Å². The third kappa shape index (κ3) is 3.87. The molecule has 0 fully saturated rings. The van der Waals surface area contributed by atoms with Gasteiger partial charge in [-0.3, -0.25) is 0 Å². The predicted molar refractivity (Wildman–Crippen MR) is 83.0 cm³/mol. The van der Waals surface area contributed by atoms with Gasteiger partial charge in [0, 0.05) is 44.1 Å². The number of benzene rings is 1. The number of aryl methyl sites for hydroxylation is 1. The zero-order chi connectivity index (χ0) is 14.4. The molecule has 0 spiro atoms. The molecule has 0 saturated heterocycles. The molecule has 1 heterocycles. The molecule has 1 aliphatic heterocycles. The molecule has 2 rings (SSSR count). The van der Waals surface area contributed by atoms with Crippen LogP contribution in [0.2, 0.25) is 0 Å². The van der Waals surface area contributed by atoms with Gasteiger partial charge in [-0.2, -0.15) is 0 Å². The second-order valence-electron chi connectivity index (χ2n) is 5.11. The molecule has 1 aromatic carbocycles. The standard InChI is InChI=1S/C16H26N2O2/c1-3-19-16(20-4-2)9-11-18-10-5-6-13-12-14(17)7-8-15(13)18/h7-8,12,16H,3-6,9-11,17H2,1-2H3. The third-order valence-electron chi connectivity index (χ3n) is 3.66. The van der Waals surface area contributed by atoms with Gasteiger partial charge in [-0.1, -0.05) is 0 Å². The Morgan fingerprint density at radius 2 is 2.00 bits per heavy atom. The van der Waals surface area contributed by atoms with Crippen LogP contribution in [0.3, 0.4) is 0 Å². The number of nitrogens with two attached hydrogens (primary N) is 1. The first kappa shape index (κ1) is 15.1. The molecular weight excluding hydrogens is 252 g/mol. The van der Waals surface area contributed by atoms with Gasteiger partial charge < -0.3 is 20.1 Å². The van der Waals surface area contributed by atoms with Gasteiger partial charge in [-0.05, 0) is 50.5 Å². The van der Waals surface area contributed by atoms with Gasteiger partial charge in [0.15, 0.2) is 6.29 Å². The summed E-state index contributed by atoms with van der Waals surface area (Å²) < 4.78 is 11.2. The van der Waals surface area contributed by atoms with E-state index in [1.807, 2.05) is 19.9 Å². The Hall–Kier alpha value is -1.26. The van der Waals surface area contributed by atoms with E-state index in [1.165, 1.54) is 17.7 Å². The number of anilines is 2. The van der Waals surface area contributed by atoms with Crippen LogP contribution < -0.4 is 10.6 Å². The van der Waals surface area contributed by atoms with Crippen LogP contribution in [0.5, 0.6) is 0 Å². The Morgan fingerprint density at radius 1 is 1.25 bits per heavy atom. The molecule has 4 nitrogen and oxygen atoms in total. The second-order valence-corrected chi connectivity index (χ2v) is 5.11. The quantitative estimate of drug-likeness (QED) is 0.615. The molecule has 0 atom stereocenters. The lowest BCUT2D eigenvalue weighted by molar-refractivity contribution is -0.138. The maximum Gasteiger partial charge on any atom is 0.159 e. The molecule has 2 N–H and O–H groups in total. The fourth-order valence-electron chi connectivity index (χ4n) is 2.78. The minimum Gasteiger partial charge on any atom is -0.399 e.